The Kier molecular flexibility index (Phi) is 4.92. The lowest BCUT2D eigenvalue weighted by atomic mass is 10.1. The predicted molar refractivity (Wildman–Crippen MR) is 87.7 cm³/mol. The number of nitrogens with two attached hydrogens (primary N) is 1. The number of hydrogen-bond donors (Lipinski definition) is 1. The van der Waals surface area contributed by atoms with E-state index in [1.807, 2.05) is 6.07 Å². The molecule has 0 aliphatic carbocycles. The molecule has 1 aliphatic rings. The zero-order valence-electron chi connectivity index (χ0n) is 12.3. The van der Waals surface area contributed by atoms with Crippen molar-refractivity contribution in [3.63, 3.8) is 0 Å². The van der Waals surface area contributed by atoms with Gasteiger partial charge in [0.15, 0.2) is 0 Å². The first-order valence-electron chi connectivity index (χ1n) is 7.22. The van der Waals surface area contributed by atoms with Crippen LogP contribution in [0.25, 0.3) is 0 Å². The number of nitrogens with zero attached hydrogens (tertiary/aromatic N) is 1. The highest BCUT2D eigenvalue weighted by atomic mass is 35.5. The molecule has 122 valence electrons. The second-order valence-corrected chi connectivity index (χ2v) is 6.10. The second-order valence-electron chi connectivity index (χ2n) is 5.29. The SMILES string of the molecule is NCc1cc(C(=O)N2CCOC(c3ccc(Cl)c(Cl)c3)C2)co1. The lowest BCUT2D eigenvalue weighted by molar-refractivity contribution is -0.0228. The van der Waals surface area contributed by atoms with Crippen molar-refractivity contribution in [3.8, 4) is 0 Å². The van der Waals surface area contributed by atoms with Crippen molar-refractivity contribution in [3.05, 3.63) is 57.5 Å². The van der Waals surface area contributed by atoms with Gasteiger partial charge >= 0.3 is 0 Å². The van der Waals surface area contributed by atoms with E-state index in [1.165, 1.54) is 6.26 Å². The Morgan fingerprint density at radius 1 is 1.30 bits per heavy atom. The van der Waals surface area contributed by atoms with Crippen molar-refractivity contribution < 1.29 is 13.9 Å². The second kappa shape index (κ2) is 6.93. The van der Waals surface area contributed by atoms with Crippen molar-refractivity contribution in [2.24, 2.45) is 5.73 Å². The molecule has 5 nitrogen and oxygen atoms in total. The third-order valence-electron chi connectivity index (χ3n) is 3.77. The normalized spacial score (nSPS) is 18.2. The Balaban J connectivity index is 1.74. The maximum atomic E-state index is 12.5. The van der Waals surface area contributed by atoms with Crippen LogP contribution in [0, 0.1) is 0 Å². The van der Waals surface area contributed by atoms with Gasteiger partial charge in [-0.1, -0.05) is 29.3 Å². The summed E-state index contributed by atoms with van der Waals surface area (Å²) in [5, 5.41) is 0.963. The van der Waals surface area contributed by atoms with Gasteiger partial charge in [0.1, 0.15) is 18.1 Å². The van der Waals surface area contributed by atoms with E-state index in [4.69, 9.17) is 38.1 Å². The number of rotatable bonds is 3. The summed E-state index contributed by atoms with van der Waals surface area (Å²) in [6, 6.07) is 7.03. The molecule has 2 N–H and O–H groups in total. The van der Waals surface area contributed by atoms with E-state index in [0.29, 0.717) is 41.1 Å². The predicted octanol–water partition coefficient (Wildman–Crippen LogP) is 3.26. The third kappa shape index (κ3) is 3.53. The number of halogens is 2. The van der Waals surface area contributed by atoms with Gasteiger partial charge in [0.2, 0.25) is 0 Å². The standard InChI is InChI=1S/C16H16Cl2N2O3/c17-13-2-1-10(6-14(13)18)15-8-20(3-4-22-15)16(21)11-5-12(7-19)23-9-11/h1-2,5-6,9,15H,3-4,7-8,19H2. The molecule has 1 saturated heterocycles. The number of amides is 1. The maximum absolute atomic E-state index is 12.5. The molecule has 0 spiro atoms. The van der Waals surface area contributed by atoms with Gasteiger partial charge in [-0.3, -0.25) is 4.79 Å². The molecular formula is C16H16Cl2N2O3. The first kappa shape index (κ1) is 16.3. The minimum Gasteiger partial charge on any atom is -0.467 e. The lowest BCUT2D eigenvalue weighted by Crippen LogP contribution is -2.42. The monoisotopic (exact) mass is 354 g/mol. The Labute approximate surface area is 143 Å². The van der Waals surface area contributed by atoms with Crippen LogP contribution in [-0.4, -0.2) is 30.5 Å². The summed E-state index contributed by atoms with van der Waals surface area (Å²) in [7, 11) is 0. The molecule has 0 bridgehead atoms. The molecule has 3 rings (SSSR count). The number of furan rings is 1. The molecule has 7 heteroatoms. The summed E-state index contributed by atoms with van der Waals surface area (Å²) in [5.74, 6) is 0.490. The fraction of sp³-hybridized carbons (Fsp3) is 0.312. The van der Waals surface area contributed by atoms with Gasteiger partial charge in [0, 0.05) is 6.54 Å². The van der Waals surface area contributed by atoms with Gasteiger partial charge in [0.05, 0.1) is 35.3 Å². The highest BCUT2D eigenvalue weighted by molar-refractivity contribution is 6.42. The fourth-order valence-corrected chi connectivity index (χ4v) is 2.84. The first-order chi connectivity index (χ1) is 11.1. The molecular weight excluding hydrogens is 339 g/mol. The molecule has 0 saturated carbocycles. The van der Waals surface area contributed by atoms with Crippen LogP contribution in [0.1, 0.15) is 27.8 Å². The molecule has 1 aromatic carbocycles. The number of morpholine rings is 1. The van der Waals surface area contributed by atoms with E-state index in [1.54, 1.807) is 23.1 Å². The van der Waals surface area contributed by atoms with E-state index in [9.17, 15) is 4.79 Å². The van der Waals surface area contributed by atoms with E-state index in [2.05, 4.69) is 0 Å². The van der Waals surface area contributed by atoms with Crippen LogP contribution in [0.2, 0.25) is 10.0 Å². The van der Waals surface area contributed by atoms with Crippen molar-refractivity contribution in [2.45, 2.75) is 12.6 Å². The van der Waals surface area contributed by atoms with Crippen LogP contribution >= 0.6 is 23.2 Å². The lowest BCUT2D eigenvalue weighted by Gasteiger charge is -2.33. The van der Waals surface area contributed by atoms with Gasteiger partial charge in [0.25, 0.3) is 5.91 Å². The largest absolute Gasteiger partial charge is 0.467 e. The maximum Gasteiger partial charge on any atom is 0.257 e. The first-order valence-corrected chi connectivity index (χ1v) is 7.97. The quantitative estimate of drug-likeness (QED) is 0.918. The average Bonchev–Trinajstić information content (AvgIpc) is 3.06. The highest BCUT2D eigenvalue weighted by Gasteiger charge is 2.27. The number of ether oxygens (including phenoxy) is 1. The summed E-state index contributed by atoms with van der Waals surface area (Å²) in [4.78, 5) is 14.3. The Hall–Kier alpha value is -1.53. The minimum absolute atomic E-state index is 0.0955. The Bertz CT molecular complexity index is 717. The van der Waals surface area contributed by atoms with E-state index < -0.39 is 0 Å². The zero-order valence-corrected chi connectivity index (χ0v) is 13.8. The zero-order chi connectivity index (χ0) is 16.4. The van der Waals surface area contributed by atoms with Crippen molar-refractivity contribution in [1.82, 2.24) is 4.90 Å². The van der Waals surface area contributed by atoms with Crippen molar-refractivity contribution in [2.75, 3.05) is 19.7 Å². The molecule has 0 radical (unpaired) electrons. The summed E-state index contributed by atoms with van der Waals surface area (Å²) in [6.45, 7) is 1.69. The fourth-order valence-electron chi connectivity index (χ4n) is 2.53. The van der Waals surface area contributed by atoms with Crippen LogP contribution in [0.4, 0.5) is 0 Å². The topological polar surface area (TPSA) is 68.7 Å². The van der Waals surface area contributed by atoms with Gasteiger partial charge in [-0.05, 0) is 23.8 Å². The summed E-state index contributed by atoms with van der Waals surface area (Å²) >= 11 is 12.0. The van der Waals surface area contributed by atoms with Crippen molar-refractivity contribution >= 4 is 29.1 Å². The number of carbonyl (C=O) groups is 1. The van der Waals surface area contributed by atoms with Crippen LogP contribution in [0.3, 0.4) is 0 Å². The molecule has 2 aromatic rings. The molecule has 23 heavy (non-hydrogen) atoms. The van der Waals surface area contributed by atoms with Gasteiger partial charge in [-0.25, -0.2) is 0 Å². The number of carbonyl (C=O) groups excluding carboxylic acids is 1. The molecule has 1 aromatic heterocycles. The van der Waals surface area contributed by atoms with Crippen LogP contribution in [0.5, 0.6) is 0 Å². The van der Waals surface area contributed by atoms with Crippen LogP contribution in [0.15, 0.2) is 34.9 Å². The van der Waals surface area contributed by atoms with E-state index >= 15 is 0 Å². The van der Waals surface area contributed by atoms with E-state index in [-0.39, 0.29) is 18.6 Å². The molecule has 1 unspecified atom stereocenters. The summed E-state index contributed by atoms with van der Waals surface area (Å²) in [5.41, 5.74) is 6.90. The van der Waals surface area contributed by atoms with Crippen molar-refractivity contribution in [1.29, 1.82) is 0 Å². The third-order valence-corrected chi connectivity index (χ3v) is 4.51. The number of benzene rings is 1. The molecule has 1 amide bonds. The Morgan fingerprint density at radius 2 is 2.13 bits per heavy atom. The number of hydrogen-bond acceptors (Lipinski definition) is 4. The van der Waals surface area contributed by atoms with Gasteiger partial charge in [-0.2, -0.15) is 0 Å². The minimum atomic E-state index is -0.233. The summed E-state index contributed by atoms with van der Waals surface area (Å²) < 4.78 is 11.0. The van der Waals surface area contributed by atoms with Gasteiger partial charge in [-0.15, -0.1) is 0 Å². The van der Waals surface area contributed by atoms with E-state index in [0.717, 1.165) is 5.56 Å². The Morgan fingerprint density at radius 3 is 2.83 bits per heavy atom. The smallest absolute Gasteiger partial charge is 0.257 e. The summed E-state index contributed by atoms with van der Waals surface area (Å²) in [6.07, 6.45) is 1.21. The van der Waals surface area contributed by atoms with Crippen LogP contribution in [-0.2, 0) is 11.3 Å². The molecule has 1 aliphatic heterocycles. The molecule has 1 fully saturated rings. The molecule has 2 heterocycles. The highest BCUT2D eigenvalue weighted by Crippen LogP contribution is 2.29. The van der Waals surface area contributed by atoms with Gasteiger partial charge < -0.3 is 19.8 Å². The van der Waals surface area contributed by atoms with Crippen LogP contribution < -0.4 is 5.73 Å². The molecule has 1 atom stereocenters. The average molecular weight is 355 g/mol.